The van der Waals surface area contributed by atoms with E-state index in [4.69, 9.17) is 14.2 Å². The van der Waals surface area contributed by atoms with Crippen LogP contribution < -0.4 is 14.2 Å². The molecular weight excluding hydrogens is 512 g/mol. The minimum Gasteiger partial charge on any atom is -0.493 e. The van der Waals surface area contributed by atoms with Gasteiger partial charge in [0.05, 0.1) is 27.4 Å². The van der Waals surface area contributed by atoms with Crippen LogP contribution in [0.1, 0.15) is 36.7 Å². The number of benzene rings is 2. The molecule has 0 radical (unpaired) electrons. The van der Waals surface area contributed by atoms with Crippen LogP contribution in [-0.4, -0.2) is 80.3 Å². The van der Waals surface area contributed by atoms with Crippen LogP contribution in [0.2, 0.25) is 0 Å². The highest BCUT2D eigenvalue weighted by Crippen LogP contribution is 2.38. The number of carbonyl (C=O) groups is 2. The third-order valence-electron chi connectivity index (χ3n) is 6.17. The lowest BCUT2D eigenvalue weighted by Crippen LogP contribution is -2.52. The van der Waals surface area contributed by atoms with Gasteiger partial charge in [-0.15, -0.1) is 24.2 Å². The lowest BCUT2D eigenvalue weighted by atomic mass is 10.0. The summed E-state index contributed by atoms with van der Waals surface area (Å²) in [5.41, 5.74) is 1.50. The van der Waals surface area contributed by atoms with E-state index in [2.05, 4.69) is 18.7 Å². The van der Waals surface area contributed by atoms with Gasteiger partial charge in [-0.1, -0.05) is 26.0 Å². The standard InChI is InChI=1S/C28H36N2O5S.ClH/c1-19(2)36-23-10-8-22(9-11-23)27(32)20(3)29-13-15-30(16-14-29)26(31)12-7-21-17-24(33-4)28(35-6)25(18-21)34-5;/h7-12,17-20H,13-16H2,1-6H3;1H. The summed E-state index contributed by atoms with van der Waals surface area (Å²) in [4.78, 5) is 31.0. The van der Waals surface area contributed by atoms with E-state index in [1.807, 2.05) is 31.2 Å². The van der Waals surface area contributed by atoms with Gasteiger partial charge in [0.2, 0.25) is 11.7 Å². The monoisotopic (exact) mass is 548 g/mol. The average molecular weight is 549 g/mol. The van der Waals surface area contributed by atoms with E-state index in [0.717, 1.165) is 11.1 Å². The molecule has 37 heavy (non-hydrogen) atoms. The SMILES string of the molecule is COc1cc(C=CC(=O)N2CCN(C(C)C(=O)c3ccc(SC(C)C)cc3)CC2)cc(OC)c1OC.Cl. The molecule has 1 fully saturated rings. The molecule has 0 saturated carbocycles. The number of ketones is 1. The van der Waals surface area contributed by atoms with Crippen molar-refractivity contribution in [1.82, 2.24) is 9.80 Å². The first-order valence-corrected chi connectivity index (χ1v) is 13.0. The van der Waals surface area contributed by atoms with Gasteiger partial charge in [-0.3, -0.25) is 14.5 Å². The first kappa shape index (κ1) is 30.5. The van der Waals surface area contributed by atoms with Gasteiger partial charge in [0, 0.05) is 48.0 Å². The van der Waals surface area contributed by atoms with Crippen molar-refractivity contribution < 1.29 is 23.8 Å². The van der Waals surface area contributed by atoms with E-state index in [9.17, 15) is 9.59 Å². The van der Waals surface area contributed by atoms with Crippen LogP contribution in [-0.2, 0) is 4.79 Å². The Labute approximate surface area is 230 Å². The van der Waals surface area contributed by atoms with Crippen molar-refractivity contribution in [1.29, 1.82) is 0 Å². The fourth-order valence-corrected chi connectivity index (χ4v) is 5.01. The van der Waals surface area contributed by atoms with Crippen LogP contribution in [0.5, 0.6) is 17.2 Å². The van der Waals surface area contributed by atoms with Gasteiger partial charge in [0.1, 0.15) is 0 Å². The van der Waals surface area contributed by atoms with Gasteiger partial charge < -0.3 is 19.1 Å². The highest BCUT2D eigenvalue weighted by atomic mass is 35.5. The van der Waals surface area contributed by atoms with Crippen LogP contribution in [0, 0.1) is 0 Å². The van der Waals surface area contributed by atoms with Crippen molar-refractivity contribution in [3.05, 3.63) is 53.6 Å². The van der Waals surface area contributed by atoms with Crippen molar-refractivity contribution in [2.75, 3.05) is 47.5 Å². The lowest BCUT2D eigenvalue weighted by Gasteiger charge is -2.37. The summed E-state index contributed by atoms with van der Waals surface area (Å²) in [6.45, 7) is 8.69. The van der Waals surface area contributed by atoms with Crippen LogP contribution in [0.15, 0.2) is 47.4 Å². The molecule has 1 saturated heterocycles. The van der Waals surface area contributed by atoms with Gasteiger partial charge >= 0.3 is 0 Å². The molecule has 1 aliphatic rings. The van der Waals surface area contributed by atoms with E-state index >= 15 is 0 Å². The number of Topliss-reactive ketones (excluding diaryl/α,β-unsaturated/α-hetero) is 1. The topological polar surface area (TPSA) is 68.3 Å². The molecule has 0 bridgehead atoms. The van der Waals surface area contributed by atoms with Crippen LogP contribution in [0.3, 0.4) is 0 Å². The summed E-state index contributed by atoms with van der Waals surface area (Å²) in [5, 5.41) is 0.501. The fourth-order valence-electron chi connectivity index (χ4n) is 4.18. The normalized spacial score (nSPS) is 14.8. The maximum absolute atomic E-state index is 13.0. The molecule has 2 aromatic carbocycles. The smallest absolute Gasteiger partial charge is 0.246 e. The van der Waals surface area contributed by atoms with Crippen molar-refractivity contribution in [3.63, 3.8) is 0 Å². The fraction of sp³-hybridized carbons (Fsp3) is 0.429. The number of amides is 1. The zero-order valence-electron chi connectivity index (χ0n) is 22.4. The summed E-state index contributed by atoms with van der Waals surface area (Å²) in [6, 6.07) is 11.2. The van der Waals surface area contributed by atoms with Gasteiger partial charge in [0.15, 0.2) is 17.3 Å². The van der Waals surface area contributed by atoms with Crippen molar-refractivity contribution >= 4 is 41.9 Å². The molecule has 1 aliphatic heterocycles. The first-order chi connectivity index (χ1) is 17.3. The summed E-state index contributed by atoms with van der Waals surface area (Å²) < 4.78 is 16.1. The molecule has 0 aliphatic carbocycles. The summed E-state index contributed by atoms with van der Waals surface area (Å²) in [7, 11) is 4.67. The maximum atomic E-state index is 13.0. The zero-order valence-corrected chi connectivity index (χ0v) is 24.0. The second kappa shape index (κ2) is 14.3. The summed E-state index contributed by atoms with van der Waals surface area (Å²) in [5.74, 6) is 1.61. The molecule has 2 aromatic rings. The van der Waals surface area contributed by atoms with Gasteiger partial charge in [-0.05, 0) is 42.8 Å². The molecule has 9 heteroatoms. The minimum atomic E-state index is -0.236. The minimum absolute atomic E-state index is 0. The Morgan fingerprint density at radius 2 is 1.46 bits per heavy atom. The quantitative estimate of drug-likeness (QED) is 0.233. The third kappa shape index (κ3) is 7.90. The Kier molecular flexibility index (Phi) is 11.8. The maximum Gasteiger partial charge on any atom is 0.246 e. The van der Waals surface area contributed by atoms with E-state index in [0.29, 0.717) is 48.7 Å². The average Bonchev–Trinajstić information content (AvgIpc) is 2.90. The molecule has 202 valence electrons. The largest absolute Gasteiger partial charge is 0.493 e. The molecule has 0 spiro atoms. The van der Waals surface area contributed by atoms with Gasteiger partial charge in [-0.2, -0.15) is 0 Å². The molecule has 0 N–H and O–H groups in total. The molecule has 7 nitrogen and oxygen atoms in total. The second-order valence-corrected chi connectivity index (χ2v) is 10.5. The van der Waals surface area contributed by atoms with E-state index in [1.165, 1.54) is 4.90 Å². The first-order valence-electron chi connectivity index (χ1n) is 12.1. The number of ether oxygens (including phenoxy) is 3. The Hall–Kier alpha value is -2.68. The third-order valence-corrected chi connectivity index (χ3v) is 7.18. The predicted molar refractivity (Wildman–Crippen MR) is 152 cm³/mol. The van der Waals surface area contributed by atoms with Crippen LogP contribution in [0.4, 0.5) is 0 Å². The van der Waals surface area contributed by atoms with Crippen molar-refractivity contribution in [2.24, 2.45) is 0 Å². The van der Waals surface area contributed by atoms with Crippen molar-refractivity contribution in [3.8, 4) is 17.2 Å². The number of rotatable bonds is 10. The highest BCUT2D eigenvalue weighted by Gasteiger charge is 2.27. The predicted octanol–water partition coefficient (Wildman–Crippen LogP) is 5.06. The number of piperazine rings is 1. The number of hydrogen-bond donors (Lipinski definition) is 0. The van der Waals surface area contributed by atoms with E-state index < -0.39 is 0 Å². The van der Waals surface area contributed by atoms with Crippen LogP contribution in [0.25, 0.3) is 6.08 Å². The zero-order chi connectivity index (χ0) is 26.2. The molecule has 1 atom stereocenters. The summed E-state index contributed by atoms with van der Waals surface area (Å²) in [6.07, 6.45) is 3.30. The van der Waals surface area contributed by atoms with E-state index in [-0.39, 0.29) is 30.1 Å². The number of thioether (sulfide) groups is 1. The lowest BCUT2D eigenvalue weighted by molar-refractivity contribution is -0.127. The second-order valence-electron chi connectivity index (χ2n) is 8.88. The van der Waals surface area contributed by atoms with Gasteiger partial charge in [-0.25, -0.2) is 0 Å². The highest BCUT2D eigenvalue weighted by molar-refractivity contribution is 7.99. The molecule has 1 amide bonds. The van der Waals surface area contributed by atoms with Crippen LogP contribution >= 0.6 is 24.2 Å². The number of halogens is 1. The van der Waals surface area contributed by atoms with Gasteiger partial charge in [0.25, 0.3) is 0 Å². The Morgan fingerprint density at radius 3 is 1.95 bits per heavy atom. The molecule has 3 rings (SSSR count). The Morgan fingerprint density at radius 1 is 0.892 bits per heavy atom. The molecule has 1 unspecified atom stereocenters. The van der Waals surface area contributed by atoms with E-state index in [1.54, 1.807) is 62.3 Å². The number of hydrogen-bond acceptors (Lipinski definition) is 7. The molecule has 1 heterocycles. The number of carbonyl (C=O) groups excluding carboxylic acids is 2. The molecule has 0 aromatic heterocycles. The Bertz CT molecular complexity index is 1060. The Balaban J connectivity index is 0.00000481. The number of methoxy groups -OCH3 is 3. The number of nitrogens with zero attached hydrogens (tertiary/aromatic N) is 2. The van der Waals surface area contributed by atoms with Crippen molar-refractivity contribution in [2.45, 2.75) is 37.0 Å². The summed E-state index contributed by atoms with van der Waals surface area (Å²) >= 11 is 1.78. The molecular formula is C28H37ClN2O5S.